The number of aromatic nitrogens is 4. The maximum atomic E-state index is 13.0. The second kappa shape index (κ2) is 12.6. The summed E-state index contributed by atoms with van der Waals surface area (Å²) in [7, 11) is 1.50. The van der Waals surface area contributed by atoms with E-state index in [1.165, 1.54) is 29.8 Å². The average molecular weight is 493 g/mol. The zero-order valence-electron chi connectivity index (χ0n) is 19.2. The fraction of sp³-hybridized carbons (Fsp3) is 0.381. The fourth-order valence-corrected chi connectivity index (χ4v) is 3.30. The van der Waals surface area contributed by atoms with Gasteiger partial charge in [-0.3, -0.25) is 9.36 Å². The molecular weight excluding hydrogens is 464 g/mol. The molecule has 0 radical (unpaired) electrons. The normalized spacial score (nSPS) is 11.4. The van der Waals surface area contributed by atoms with E-state index in [4.69, 9.17) is 15.0 Å². The van der Waals surface area contributed by atoms with Crippen LogP contribution in [-0.2, 0) is 27.2 Å². The van der Waals surface area contributed by atoms with Gasteiger partial charge in [0.2, 0.25) is 0 Å². The number of fused-ring (bicyclic) bond motifs is 1. The Morgan fingerprint density at radius 1 is 1.24 bits per heavy atom. The highest BCUT2D eigenvalue weighted by atomic mass is 32.2. The smallest absolute Gasteiger partial charge is 0.339 e. The van der Waals surface area contributed by atoms with Crippen molar-refractivity contribution < 1.29 is 23.1 Å². The van der Waals surface area contributed by atoms with E-state index in [1.54, 1.807) is 0 Å². The van der Waals surface area contributed by atoms with Gasteiger partial charge in [-0.1, -0.05) is 37.3 Å². The first-order valence-electron chi connectivity index (χ1n) is 10.4. The Balaban J connectivity index is 0.000000604. The second-order valence-electron chi connectivity index (χ2n) is 7.19. The molecule has 2 aromatic heterocycles. The molecule has 1 aromatic carbocycles. The lowest BCUT2D eigenvalue weighted by molar-refractivity contribution is -0.141. The predicted octanol–water partition coefficient (Wildman–Crippen LogP) is 1.30. The first-order valence-corrected chi connectivity index (χ1v) is 11.7. The number of hydrogen-bond acceptors (Lipinski definition) is 8. The number of nitrogens with zero attached hydrogens (tertiary/aromatic N) is 5. The van der Waals surface area contributed by atoms with Gasteiger partial charge in [0.1, 0.15) is 18.5 Å². The molecule has 1 atom stereocenters. The lowest BCUT2D eigenvalue weighted by Crippen LogP contribution is -2.40. The van der Waals surface area contributed by atoms with Crippen LogP contribution < -0.4 is 11.4 Å². The standard InChI is InChI=1S/C18H20N6O4.C3H8O2S/c1-12(25)28-9-8-22(2)17(26)24-14-15(19)20-11-21-16(14)23(18(24)27)10-13-6-4-3-5-7-13;1-2-3-6(4)5/h3-7,11H,8-10H2,1-2H3,(H2,19,20,21);2-3H2,1H3,(H,4,5). The zero-order valence-corrected chi connectivity index (χ0v) is 20.0. The molecule has 34 heavy (non-hydrogen) atoms. The number of likely N-dealkylation sites (N-methyl/N-ethyl adjacent to an activating group) is 1. The van der Waals surface area contributed by atoms with Gasteiger partial charge in [-0.15, -0.1) is 0 Å². The summed E-state index contributed by atoms with van der Waals surface area (Å²) in [4.78, 5) is 46.2. The molecule has 0 aliphatic heterocycles. The van der Waals surface area contributed by atoms with Crippen molar-refractivity contribution in [3.63, 3.8) is 0 Å². The van der Waals surface area contributed by atoms with E-state index in [9.17, 15) is 18.6 Å². The molecule has 0 aliphatic rings. The molecule has 184 valence electrons. The van der Waals surface area contributed by atoms with E-state index in [-0.39, 0.29) is 36.7 Å². The van der Waals surface area contributed by atoms with Gasteiger partial charge in [0.25, 0.3) is 0 Å². The molecule has 1 unspecified atom stereocenters. The first kappa shape index (κ1) is 26.7. The van der Waals surface area contributed by atoms with Gasteiger partial charge in [0, 0.05) is 19.7 Å². The number of esters is 1. The number of carbonyl (C=O) groups excluding carboxylic acids is 2. The number of hydrogen-bond donors (Lipinski definition) is 2. The summed E-state index contributed by atoms with van der Waals surface area (Å²) < 4.78 is 24.9. The SMILES string of the molecule is CC(=O)OCCN(C)C(=O)n1c(=O)n(Cc2ccccc2)c2ncnc(N)c21.CCCS(=O)O. The third-order valence-electron chi connectivity index (χ3n) is 4.54. The van der Waals surface area contributed by atoms with Crippen LogP contribution in [0.5, 0.6) is 0 Å². The van der Waals surface area contributed by atoms with Crippen LogP contribution >= 0.6 is 0 Å². The number of imidazole rings is 1. The summed E-state index contributed by atoms with van der Waals surface area (Å²) in [6.07, 6.45) is 2.03. The highest BCUT2D eigenvalue weighted by molar-refractivity contribution is 7.79. The minimum Gasteiger partial charge on any atom is -0.464 e. The number of carbonyl (C=O) groups is 2. The minimum atomic E-state index is -1.57. The Bertz CT molecular complexity index is 1210. The average Bonchev–Trinajstić information content (AvgIpc) is 3.06. The van der Waals surface area contributed by atoms with Crippen LogP contribution in [0, 0.1) is 0 Å². The van der Waals surface area contributed by atoms with Crippen molar-refractivity contribution in [2.24, 2.45) is 0 Å². The summed E-state index contributed by atoms with van der Waals surface area (Å²) in [5, 5.41) is 0. The van der Waals surface area contributed by atoms with E-state index in [0.29, 0.717) is 5.75 Å². The fourth-order valence-electron chi connectivity index (χ4n) is 2.95. The summed E-state index contributed by atoms with van der Waals surface area (Å²) in [5.41, 5.74) is 6.66. The van der Waals surface area contributed by atoms with Gasteiger partial charge in [0.05, 0.1) is 13.1 Å². The predicted molar refractivity (Wildman–Crippen MR) is 128 cm³/mol. The van der Waals surface area contributed by atoms with Crippen LogP contribution in [-0.4, -0.2) is 70.7 Å². The number of nitrogen functional groups attached to an aromatic ring is 1. The van der Waals surface area contributed by atoms with Crippen molar-refractivity contribution in [2.45, 2.75) is 26.8 Å². The number of nitrogens with two attached hydrogens (primary N) is 1. The first-order chi connectivity index (χ1) is 16.2. The van der Waals surface area contributed by atoms with Crippen LogP contribution in [0.4, 0.5) is 10.6 Å². The molecule has 12 nitrogen and oxygen atoms in total. The maximum Gasteiger partial charge on any atom is 0.339 e. The van der Waals surface area contributed by atoms with E-state index in [2.05, 4.69) is 9.97 Å². The number of amides is 1. The van der Waals surface area contributed by atoms with Crippen molar-refractivity contribution in [2.75, 3.05) is 31.7 Å². The molecule has 3 aromatic rings. The number of benzene rings is 1. The van der Waals surface area contributed by atoms with Crippen molar-refractivity contribution in [3.05, 3.63) is 52.7 Å². The van der Waals surface area contributed by atoms with Crippen LogP contribution in [0.1, 0.15) is 25.8 Å². The summed E-state index contributed by atoms with van der Waals surface area (Å²) >= 11 is -1.57. The zero-order chi connectivity index (χ0) is 25.3. The molecule has 0 saturated heterocycles. The molecule has 13 heteroatoms. The van der Waals surface area contributed by atoms with Crippen molar-refractivity contribution in [1.29, 1.82) is 0 Å². The summed E-state index contributed by atoms with van der Waals surface area (Å²) in [6, 6.07) is 8.71. The van der Waals surface area contributed by atoms with E-state index < -0.39 is 28.8 Å². The molecule has 3 rings (SSSR count). The molecule has 0 bridgehead atoms. The van der Waals surface area contributed by atoms with Crippen LogP contribution in [0.15, 0.2) is 41.5 Å². The Labute approximate surface area is 198 Å². The monoisotopic (exact) mass is 492 g/mol. The second-order valence-corrected chi connectivity index (χ2v) is 8.24. The van der Waals surface area contributed by atoms with Crippen molar-refractivity contribution in [3.8, 4) is 0 Å². The lowest BCUT2D eigenvalue weighted by Gasteiger charge is -2.17. The topological polar surface area (TPSA) is 163 Å². The lowest BCUT2D eigenvalue weighted by atomic mass is 10.2. The maximum absolute atomic E-state index is 13.0. The minimum absolute atomic E-state index is 0.0148. The Hall–Kier alpha value is -3.58. The Morgan fingerprint density at radius 3 is 2.47 bits per heavy atom. The molecular formula is C21H28N6O6S. The Kier molecular flexibility index (Phi) is 9.89. The molecule has 1 amide bonds. The van der Waals surface area contributed by atoms with Crippen molar-refractivity contribution >= 4 is 40.1 Å². The molecule has 0 aliphatic carbocycles. The largest absolute Gasteiger partial charge is 0.464 e. The van der Waals surface area contributed by atoms with Gasteiger partial charge in [0.15, 0.2) is 22.5 Å². The number of anilines is 1. The van der Waals surface area contributed by atoms with Crippen LogP contribution in [0.3, 0.4) is 0 Å². The van der Waals surface area contributed by atoms with Crippen molar-refractivity contribution in [1.82, 2.24) is 24.0 Å². The third-order valence-corrected chi connectivity index (χ3v) is 5.30. The van der Waals surface area contributed by atoms with Crippen LogP contribution in [0.25, 0.3) is 11.2 Å². The molecule has 2 heterocycles. The third kappa shape index (κ3) is 6.96. The number of rotatable bonds is 7. The quantitative estimate of drug-likeness (QED) is 0.365. The summed E-state index contributed by atoms with van der Waals surface area (Å²) in [6.45, 7) is 3.50. The van der Waals surface area contributed by atoms with Gasteiger partial charge >= 0.3 is 17.7 Å². The highest BCUT2D eigenvalue weighted by Gasteiger charge is 2.24. The molecule has 3 N–H and O–H groups in total. The van der Waals surface area contributed by atoms with Crippen LogP contribution in [0.2, 0.25) is 0 Å². The van der Waals surface area contributed by atoms with E-state index in [1.807, 2.05) is 37.3 Å². The molecule has 0 spiro atoms. The summed E-state index contributed by atoms with van der Waals surface area (Å²) in [5.74, 6) is -0.0224. The van der Waals surface area contributed by atoms with Gasteiger partial charge < -0.3 is 19.9 Å². The van der Waals surface area contributed by atoms with Gasteiger partial charge in [-0.2, -0.15) is 0 Å². The van der Waals surface area contributed by atoms with Gasteiger partial charge in [-0.05, 0) is 12.0 Å². The molecule has 0 saturated carbocycles. The number of ether oxygens (including phenoxy) is 1. The Morgan fingerprint density at radius 2 is 1.91 bits per heavy atom. The molecule has 0 fully saturated rings. The van der Waals surface area contributed by atoms with E-state index >= 15 is 0 Å². The van der Waals surface area contributed by atoms with Gasteiger partial charge in [-0.25, -0.2) is 28.3 Å². The highest BCUT2D eigenvalue weighted by Crippen LogP contribution is 2.17. The van der Waals surface area contributed by atoms with E-state index in [0.717, 1.165) is 16.6 Å².